The van der Waals surface area contributed by atoms with E-state index in [2.05, 4.69) is 30.1 Å². The van der Waals surface area contributed by atoms with E-state index >= 15 is 0 Å². The number of likely N-dealkylation sites (tertiary alicyclic amines) is 1. The molecule has 2 aliphatic rings. The van der Waals surface area contributed by atoms with Crippen LogP contribution >= 0.6 is 0 Å². The van der Waals surface area contributed by atoms with Crippen LogP contribution in [0.5, 0.6) is 5.75 Å². The SMILES string of the molecule is COc1ccc2c(c1)C[C@@H]1CCCN(C)[C@H]1C2. The summed E-state index contributed by atoms with van der Waals surface area (Å²) in [6, 6.07) is 7.36. The number of rotatable bonds is 1. The maximum Gasteiger partial charge on any atom is 0.119 e. The van der Waals surface area contributed by atoms with Gasteiger partial charge in [0, 0.05) is 6.04 Å². The Hall–Kier alpha value is -1.02. The molecule has 1 fully saturated rings. The maximum absolute atomic E-state index is 5.33. The number of hydrogen-bond acceptors (Lipinski definition) is 2. The van der Waals surface area contributed by atoms with E-state index in [0.717, 1.165) is 17.7 Å². The molecule has 1 saturated heterocycles. The topological polar surface area (TPSA) is 12.5 Å². The van der Waals surface area contributed by atoms with Crippen molar-refractivity contribution in [2.75, 3.05) is 20.7 Å². The van der Waals surface area contributed by atoms with E-state index in [1.165, 1.54) is 43.4 Å². The Labute approximate surface area is 104 Å². The summed E-state index contributed by atoms with van der Waals surface area (Å²) in [4.78, 5) is 2.56. The summed E-state index contributed by atoms with van der Waals surface area (Å²) in [5, 5.41) is 0. The number of nitrogens with zero attached hydrogens (tertiary/aromatic N) is 1. The highest BCUT2D eigenvalue weighted by atomic mass is 16.5. The zero-order chi connectivity index (χ0) is 11.8. The molecule has 1 aliphatic carbocycles. The molecular weight excluding hydrogens is 210 g/mol. The van der Waals surface area contributed by atoms with Gasteiger partial charge in [0.15, 0.2) is 0 Å². The molecule has 0 saturated carbocycles. The van der Waals surface area contributed by atoms with Gasteiger partial charge in [-0.25, -0.2) is 0 Å². The molecule has 0 unspecified atom stereocenters. The minimum atomic E-state index is 0.768. The highest BCUT2D eigenvalue weighted by Crippen LogP contribution is 2.35. The smallest absolute Gasteiger partial charge is 0.119 e. The molecule has 2 atom stereocenters. The molecule has 2 nitrogen and oxygen atoms in total. The third kappa shape index (κ3) is 1.95. The summed E-state index contributed by atoms with van der Waals surface area (Å²) >= 11 is 0. The van der Waals surface area contributed by atoms with Crippen molar-refractivity contribution in [2.24, 2.45) is 5.92 Å². The van der Waals surface area contributed by atoms with Crippen LogP contribution in [0.3, 0.4) is 0 Å². The minimum absolute atomic E-state index is 0.768. The van der Waals surface area contributed by atoms with Gasteiger partial charge >= 0.3 is 0 Å². The minimum Gasteiger partial charge on any atom is -0.497 e. The molecule has 0 bridgehead atoms. The highest BCUT2D eigenvalue weighted by molar-refractivity contribution is 5.38. The van der Waals surface area contributed by atoms with Crippen molar-refractivity contribution in [3.8, 4) is 5.75 Å². The van der Waals surface area contributed by atoms with Crippen LogP contribution in [0.15, 0.2) is 18.2 Å². The van der Waals surface area contributed by atoms with Crippen molar-refractivity contribution in [2.45, 2.75) is 31.7 Å². The number of methoxy groups -OCH3 is 1. The van der Waals surface area contributed by atoms with Crippen molar-refractivity contribution in [3.05, 3.63) is 29.3 Å². The van der Waals surface area contributed by atoms with Crippen LogP contribution in [0.25, 0.3) is 0 Å². The van der Waals surface area contributed by atoms with Crippen molar-refractivity contribution >= 4 is 0 Å². The number of hydrogen-bond donors (Lipinski definition) is 0. The third-order valence-corrected chi connectivity index (χ3v) is 4.52. The molecule has 92 valence electrons. The average molecular weight is 231 g/mol. The lowest BCUT2D eigenvalue weighted by Gasteiger charge is -2.43. The van der Waals surface area contributed by atoms with Gasteiger partial charge in [-0.3, -0.25) is 0 Å². The lowest BCUT2D eigenvalue weighted by atomic mass is 9.75. The molecule has 17 heavy (non-hydrogen) atoms. The van der Waals surface area contributed by atoms with E-state index in [-0.39, 0.29) is 0 Å². The number of fused-ring (bicyclic) bond motifs is 2. The lowest BCUT2D eigenvalue weighted by Crippen LogP contribution is -2.47. The molecule has 0 amide bonds. The molecule has 1 aliphatic heterocycles. The second-order valence-electron chi connectivity index (χ2n) is 5.49. The predicted octanol–water partition coefficient (Wildman–Crippen LogP) is 2.50. The van der Waals surface area contributed by atoms with Crippen LogP contribution in [0.1, 0.15) is 24.0 Å². The van der Waals surface area contributed by atoms with Gasteiger partial charge in [-0.05, 0) is 68.5 Å². The fourth-order valence-electron chi connectivity index (χ4n) is 3.51. The quantitative estimate of drug-likeness (QED) is 0.736. The molecule has 0 N–H and O–H groups in total. The fraction of sp³-hybridized carbons (Fsp3) is 0.600. The van der Waals surface area contributed by atoms with Gasteiger partial charge in [0.2, 0.25) is 0 Å². The van der Waals surface area contributed by atoms with E-state index in [1.54, 1.807) is 7.11 Å². The van der Waals surface area contributed by atoms with E-state index < -0.39 is 0 Å². The number of ether oxygens (including phenoxy) is 1. The van der Waals surface area contributed by atoms with Crippen LogP contribution in [-0.2, 0) is 12.8 Å². The molecule has 1 aromatic carbocycles. The Balaban J connectivity index is 1.90. The first-order valence-corrected chi connectivity index (χ1v) is 6.64. The summed E-state index contributed by atoms with van der Waals surface area (Å²) in [5.74, 6) is 1.86. The standard InChI is InChI=1S/C15H21NO/c1-16-7-3-4-12-8-13-9-14(17-2)6-5-11(13)10-15(12)16/h5-6,9,12,15H,3-4,7-8,10H2,1-2H3/t12-,15-/m0/s1. The Morgan fingerprint density at radius 2 is 2.12 bits per heavy atom. The third-order valence-electron chi connectivity index (χ3n) is 4.52. The Kier molecular flexibility index (Phi) is 2.83. The monoisotopic (exact) mass is 231 g/mol. The van der Waals surface area contributed by atoms with Crippen LogP contribution in [0.4, 0.5) is 0 Å². The van der Waals surface area contributed by atoms with Crippen LogP contribution in [0, 0.1) is 5.92 Å². The second kappa shape index (κ2) is 4.34. The average Bonchev–Trinajstić information content (AvgIpc) is 2.36. The van der Waals surface area contributed by atoms with Gasteiger partial charge in [-0.1, -0.05) is 6.07 Å². The van der Waals surface area contributed by atoms with Gasteiger partial charge in [0.1, 0.15) is 5.75 Å². The van der Waals surface area contributed by atoms with Gasteiger partial charge in [-0.15, -0.1) is 0 Å². The van der Waals surface area contributed by atoms with E-state index in [1.807, 2.05) is 0 Å². The Morgan fingerprint density at radius 3 is 2.94 bits per heavy atom. The lowest BCUT2D eigenvalue weighted by molar-refractivity contribution is 0.112. The second-order valence-corrected chi connectivity index (χ2v) is 5.49. The molecular formula is C15H21NO. The van der Waals surface area contributed by atoms with Crippen LogP contribution in [0.2, 0.25) is 0 Å². The molecule has 1 aromatic rings. The largest absolute Gasteiger partial charge is 0.497 e. The first kappa shape index (κ1) is 11.1. The van der Waals surface area contributed by atoms with E-state index in [0.29, 0.717) is 0 Å². The van der Waals surface area contributed by atoms with E-state index in [9.17, 15) is 0 Å². The molecule has 2 heteroatoms. The molecule has 0 spiro atoms. The first-order valence-electron chi connectivity index (χ1n) is 6.64. The van der Waals surface area contributed by atoms with Crippen molar-refractivity contribution in [3.63, 3.8) is 0 Å². The highest BCUT2D eigenvalue weighted by Gasteiger charge is 2.33. The number of piperidine rings is 1. The predicted molar refractivity (Wildman–Crippen MR) is 69.5 cm³/mol. The van der Waals surface area contributed by atoms with Gasteiger partial charge in [-0.2, -0.15) is 0 Å². The van der Waals surface area contributed by atoms with Gasteiger partial charge in [0.05, 0.1) is 7.11 Å². The van der Waals surface area contributed by atoms with Crippen LogP contribution < -0.4 is 4.74 Å². The molecule has 1 heterocycles. The summed E-state index contributed by atoms with van der Waals surface area (Å²) in [6.45, 7) is 1.27. The van der Waals surface area contributed by atoms with Crippen molar-refractivity contribution in [1.82, 2.24) is 4.90 Å². The molecule has 3 rings (SSSR count). The normalized spacial score (nSPS) is 28.4. The summed E-state index contributed by atoms with van der Waals surface area (Å²) in [6.07, 6.45) is 5.21. The van der Waals surface area contributed by atoms with Gasteiger partial charge in [0.25, 0.3) is 0 Å². The summed E-state index contributed by atoms with van der Waals surface area (Å²) in [5.41, 5.74) is 3.04. The first-order chi connectivity index (χ1) is 8.28. The molecule has 0 aromatic heterocycles. The van der Waals surface area contributed by atoms with Gasteiger partial charge < -0.3 is 9.64 Å². The Morgan fingerprint density at radius 1 is 1.24 bits per heavy atom. The van der Waals surface area contributed by atoms with Crippen molar-refractivity contribution in [1.29, 1.82) is 0 Å². The summed E-state index contributed by atoms with van der Waals surface area (Å²) in [7, 11) is 4.03. The zero-order valence-corrected chi connectivity index (χ0v) is 10.8. The summed E-state index contributed by atoms with van der Waals surface area (Å²) < 4.78 is 5.33. The van der Waals surface area contributed by atoms with Crippen molar-refractivity contribution < 1.29 is 4.74 Å². The Bertz CT molecular complexity index is 415. The fourth-order valence-corrected chi connectivity index (χ4v) is 3.51. The number of likely N-dealkylation sites (N-methyl/N-ethyl adjacent to an activating group) is 1. The van der Waals surface area contributed by atoms with E-state index in [4.69, 9.17) is 4.74 Å². The van der Waals surface area contributed by atoms with Crippen LogP contribution in [-0.4, -0.2) is 31.6 Å². The molecule has 0 radical (unpaired) electrons. The maximum atomic E-state index is 5.33. The number of benzene rings is 1. The zero-order valence-electron chi connectivity index (χ0n) is 10.8.